The highest BCUT2D eigenvalue weighted by molar-refractivity contribution is 5.70. The Bertz CT molecular complexity index is 781. The molecule has 27 heavy (non-hydrogen) atoms. The van der Waals surface area contributed by atoms with Crippen LogP contribution in [0.15, 0.2) is 54.6 Å². The van der Waals surface area contributed by atoms with Crippen LogP contribution in [0, 0.1) is 5.82 Å². The second-order valence-corrected chi connectivity index (χ2v) is 7.65. The van der Waals surface area contributed by atoms with Crippen molar-refractivity contribution in [3.8, 4) is 0 Å². The van der Waals surface area contributed by atoms with Crippen molar-refractivity contribution < 1.29 is 13.9 Å². The first-order chi connectivity index (χ1) is 13.1. The van der Waals surface area contributed by atoms with Crippen LogP contribution in [0.5, 0.6) is 0 Å². The Labute approximate surface area is 159 Å². The van der Waals surface area contributed by atoms with Crippen molar-refractivity contribution in [2.75, 3.05) is 19.6 Å². The van der Waals surface area contributed by atoms with Crippen molar-refractivity contribution in [2.45, 2.75) is 38.0 Å². The highest BCUT2D eigenvalue weighted by Gasteiger charge is 2.45. The van der Waals surface area contributed by atoms with E-state index in [4.69, 9.17) is 4.74 Å². The summed E-state index contributed by atoms with van der Waals surface area (Å²) in [5.41, 5.74) is 1.86. The molecule has 0 N–H and O–H groups in total. The van der Waals surface area contributed by atoms with Crippen LogP contribution < -0.4 is 0 Å². The SMILES string of the molecule is O=C1O[C@@]2(CCCN(Cc3ccc(F)cc3)CC2)CN1Cc1ccccc1. The van der Waals surface area contributed by atoms with Gasteiger partial charge >= 0.3 is 6.09 Å². The molecule has 0 saturated carbocycles. The molecule has 1 atom stereocenters. The van der Waals surface area contributed by atoms with Crippen LogP contribution in [-0.2, 0) is 17.8 Å². The summed E-state index contributed by atoms with van der Waals surface area (Å²) in [4.78, 5) is 16.6. The van der Waals surface area contributed by atoms with Gasteiger partial charge in [0, 0.05) is 26.1 Å². The fourth-order valence-corrected chi connectivity index (χ4v) is 4.11. The van der Waals surface area contributed by atoms with Gasteiger partial charge in [0.25, 0.3) is 0 Å². The van der Waals surface area contributed by atoms with Crippen LogP contribution in [-0.4, -0.2) is 41.1 Å². The predicted octanol–water partition coefficient (Wildman–Crippen LogP) is 4.20. The summed E-state index contributed by atoms with van der Waals surface area (Å²) in [6.45, 7) is 3.91. The predicted molar refractivity (Wildman–Crippen MR) is 102 cm³/mol. The second-order valence-electron chi connectivity index (χ2n) is 7.65. The van der Waals surface area contributed by atoms with Crippen LogP contribution in [0.25, 0.3) is 0 Å². The minimum absolute atomic E-state index is 0.203. The third-order valence-electron chi connectivity index (χ3n) is 5.57. The Balaban J connectivity index is 1.37. The standard InChI is InChI=1S/C22H25FN2O2/c23-20-9-7-19(8-10-20)15-24-13-4-11-22(12-14-24)17-25(21(26)27-22)16-18-5-2-1-3-6-18/h1-3,5-10H,4,11-17H2/t22-/m1/s1. The number of hydrogen-bond donors (Lipinski definition) is 0. The number of halogens is 1. The summed E-state index contributed by atoms with van der Waals surface area (Å²) < 4.78 is 19.0. The molecule has 4 nitrogen and oxygen atoms in total. The number of rotatable bonds is 4. The van der Waals surface area contributed by atoms with Crippen molar-refractivity contribution in [2.24, 2.45) is 0 Å². The second kappa shape index (κ2) is 7.69. The molecule has 5 heteroatoms. The summed E-state index contributed by atoms with van der Waals surface area (Å²) in [7, 11) is 0. The van der Waals surface area contributed by atoms with Gasteiger partial charge < -0.3 is 4.74 Å². The zero-order valence-electron chi connectivity index (χ0n) is 15.4. The molecular weight excluding hydrogens is 343 g/mol. The molecule has 0 unspecified atom stereocenters. The van der Waals surface area contributed by atoms with E-state index in [1.807, 2.05) is 47.4 Å². The van der Waals surface area contributed by atoms with Crippen LogP contribution in [0.3, 0.4) is 0 Å². The van der Waals surface area contributed by atoms with E-state index in [1.165, 1.54) is 12.1 Å². The molecule has 142 valence electrons. The van der Waals surface area contributed by atoms with Gasteiger partial charge in [-0.1, -0.05) is 42.5 Å². The van der Waals surface area contributed by atoms with Gasteiger partial charge in [-0.3, -0.25) is 9.80 Å². The Morgan fingerprint density at radius 3 is 2.44 bits per heavy atom. The monoisotopic (exact) mass is 368 g/mol. The normalized spacial score (nSPS) is 23.4. The lowest BCUT2D eigenvalue weighted by Gasteiger charge is -2.25. The maximum Gasteiger partial charge on any atom is 0.410 e. The molecule has 2 saturated heterocycles. The van der Waals surface area contributed by atoms with Crippen LogP contribution in [0.1, 0.15) is 30.4 Å². The molecule has 2 aliphatic rings. The average molecular weight is 368 g/mol. The summed E-state index contributed by atoms with van der Waals surface area (Å²) in [5, 5.41) is 0. The Hall–Kier alpha value is -2.40. The number of ether oxygens (including phenoxy) is 1. The molecule has 2 fully saturated rings. The number of carbonyl (C=O) groups excluding carboxylic acids is 1. The van der Waals surface area contributed by atoms with Crippen molar-refractivity contribution in [3.63, 3.8) is 0 Å². The largest absolute Gasteiger partial charge is 0.441 e. The fraction of sp³-hybridized carbons (Fsp3) is 0.409. The van der Waals surface area contributed by atoms with Crippen LogP contribution in [0.2, 0.25) is 0 Å². The quantitative estimate of drug-likeness (QED) is 0.811. The lowest BCUT2D eigenvalue weighted by atomic mass is 9.95. The maximum atomic E-state index is 13.1. The van der Waals surface area contributed by atoms with Gasteiger partial charge in [0.2, 0.25) is 0 Å². The van der Waals surface area contributed by atoms with E-state index in [0.717, 1.165) is 50.0 Å². The summed E-state index contributed by atoms with van der Waals surface area (Å²) in [6.07, 6.45) is 2.52. The van der Waals surface area contributed by atoms with E-state index >= 15 is 0 Å². The molecular formula is C22H25FN2O2. The van der Waals surface area contributed by atoms with Gasteiger partial charge in [-0.15, -0.1) is 0 Å². The van der Waals surface area contributed by atoms with E-state index in [-0.39, 0.29) is 17.5 Å². The van der Waals surface area contributed by atoms with E-state index in [2.05, 4.69) is 4.90 Å². The highest BCUT2D eigenvalue weighted by Crippen LogP contribution is 2.34. The third-order valence-corrected chi connectivity index (χ3v) is 5.57. The Morgan fingerprint density at radius 1 is 0.926 bits per heavy atom. The summed E-state index contributed by atoms with van der Waals surface area (Å²) in [5.74, 6) is -0.204. The van der Waals surface area contributed by atoms with Gasteiger partial charge in [0.15, 0.2) is 0 Å². The van der Waals surface area contributed by atoms with Crippen molar-refractivity contribution >= 4 is 6.09 Å². The molecule has 2 aromatic carbocycles. The molecule has 0 aromatic heterocycles. The lowest BCUT2D eigenvalue weighted by Crippen LogP contribution is -2.35. The minimum atomic E-state index is -0.372. The molecule has 2 aliphatic heterocycles. The number of benzene rings is 2. The third kappa shape index (κ3) is 4.30. The number of nitrogens with zero attached hydrogens (tertiary/aromatic N) is 2. The Morgan fingerprint density at radius 2 is 1.67 bits per heavy atom. The molecule has 2 aromatic rings. The van der Waals surface area contributed by atoms with Crippen molar-refractivity contribution in [1.29, 1.82) is 0 Å². The summed E-state index contributed by atoms with van der Waals surface area (Å²) in [6, 6.07) is 16.7. The first-order valence-corrected chi connectivity index (χ1v) is 9.61. The van der Waals surface area contributed by atoms with Crippen molar-refractivity contribution in [3.05, 3.63) is 71.5 Å². The minimum Gasteiger partial charge on any atom is -0.441 e. The fourth-order valence-electron chi connectivity index (χ4n) is 4.11. The maximum absolute atomic E-state index is 13.1. The average Bonchev–Trinajstić information content (AvgIpc) is 2.84. The number of hydrogen-bond acceptors (Lipinski definition) is 3. The molecule has 4 rings (SSSR count). The van der Waals surface area contributed by atoms with Crippen LogP contribution >= 0.6 is 0 Å². The zero-order valence-corrected chi connectivity index (χ0v) is 15.4. The van der Waals surface area contributed by atoms with E-state index < -0.39 is 0 Å². The molecule has 0 aliphatic carbocycles. The van der Waals surface area contributed by atoms with E-state index in [0.29, 0.717) is 13.1 Å². The van der Waals surface area contributed by atoms with Crippen molar-refractivity contribution in [1.82, 2.24) is 9.80 Å². The highest BCUT2D eigenvalue weighted by atomic mass is 19.1. The molecule has 2 heterocycles. The number of likely N-dealkylation sites (tertiary alicyclic amines) is 1. The van der Waals surface area contributed by atoms with E-state index in [9.17, 15) is 9.18 Å². The van der Waals surface area contributed by atoms with E-state index in [1.54, 1.807) is 0 Å². The van der Waals surface area contributed by atoms with Gasteiger partial charge in [-0.05, 0) is 42.6 Å². The topological polar surface area (TPSA) is 32.8 Å². The lowest BCUT2D eigenvalue weighted by molar-refractivity contribution is 0.0443. The summed E-state index contributed by atoms with van der Waals surface area (Å²) >= 11 is 0. The zero-order chi connectivity index (χ0) is 18.7. The molecule has 1 spiro atoms. The number of carbonyl (C=O) groups is 1. The molecule has 1 amide bonds. The van der Waals surface area contributed by atoms with Gasteiger partial charge in [-0.25, -0.2) is 9.18 Å². The van der Waals surface area contributed by atoms with Gasteiger partial charge in [0.05, 0.1) is 6.54 Å². The Kier molecular flexibility index (Phi) is 5.12. The first-order valence-electron chi connectivity index (χ1n) is 9.61. The van der Waals surface area contributed by atoms with Gasteiger partial charge in [0.1, 0.15) is 11.4 Å². The first kappa shape index (κ1) is 18.0. The molecule has 0 radical (unpaired) electrons. The molecule has 0 bridgehead atoms. The smallest absolute Gasteiger partial charge is 0.410 e. The van der Waals surface area contributed by atoms with Gasteiger partial charge in [-0.2, -0.15) is 0 Å². The number of amides is 1. The van der Waals surface area contributed by atoms with Crippen LogP contribution in [0.4, 0.5) is 9.18 Å².